The Morgan fingerprint density at radius 2 is 1.29 bits per heavy atom. The highest BCUT2D eigenvalue weighted by atomic mass is 16.3. The van der Waals surface area contributed by atoms with E-state index in [0.717, 1.165) is 5.56 Å². The van der Waals surface area contributed by atoms with Crippen molar-refractivity contribution in [3.63, 3.8) is 0 Å². The Hall–Kier alpha value is -2.42. The lowest BCUT2D eigenvalue weighted by Crippen LogP contribution is -2.08. The Bertz CT molecular complexity index is 637. The van der Waals surface area contributed by atoms with Crippen molar-refractivity contribution in [2.24, 2.45) is 0 Å². The van der Waals surface area contributed by atoms with Gasteiger partial charge in [-0.1, -0.05) is 38.1 Å². The van der Waals surface area contributed by atoms with Crippen molar-refractivity contribution >= 4 is 11.6 Å². The number of hydrogen-bond donors (Lipinski definition) is 1. The lowest BCUT2D eigenvalue weighted by Gasteiger charge is -2.06. The maximum Gasteiger partial charge on any atom is 0.170 e. The Labute approximate surface area is 124 Å². The minimum absolute atomic E-state index is 0.0992. The van der Waals surface area contributed by atoms with E-state index in [-0.39, 0.29) is 23.7 Å². The molecule has 1 N–H and O–H groups in total. The first-order chi connectivity index (χ1) is 9.97. The monoisotopic (exact) mass is 282 g/mol. The van der Waals surface area contributed by atoms with Crippen molar-refractivity contribution in [1.82, 2.24) is 0 Å². The van der Waals surface area contributed by atoms with Crippen LogP contribution in [0.3, 0.4) is 0 Å². The maximum absolute atomic E-state index is 12.1. The second kappa shape index (κ2) is 6.35. The Morgan fingerprint density at radius 1 is 0.857 bits per heavy atom. The zero-order valence-corrected chi connectivity index (χ0v) is 12.2. The van der Waals surface area contributed by atoms with E-state index in [4.69, 9.17) is 0 Å². The van der Waals surface area contributed by atoms with Gasteiger partial charge in [-0.2, -0.15) is 0 Å². The zero-order valence-electron chi connectivity index (χ0n) is 12.2. The molecule has 0 aliphatic carbocycles. The number of Topliss-reactive ketones (excluding diaryl/α,β-unsaturated/α-hetero) is 2. The molecule has 3 nitrogen and oxygen atoms in total. The SMILES string of the molecule is CC(C)c1ccc(C(=O)CC(=O)c2ccc(O)cc2)cc1. The third-order valence-electron chi connectivity index (χ3n) is 3.41. The van der Waals surface area contributed by atoms with Crippen molar-refractivity contribution in [3.8, 4) is 5.75 Å². The largest absolute Gasteiger partial charge is 0.508 e. The van der Waals surface area contributed by atoms with E-state index in [9.17, 15) is 14.7 Å². The number of carbonyl (C=O) groups is 2. The summed E-state index contributed by atoms with van der Waals surface area (Å²) in [6.07, 6.45) is -0.161. The van der Waals surface area contributed by atoms with Crippen molar-refractivity contribution in [2.45, 2.75) is 26.2 Å². The van der Waals surface area contributed by atoms with Crippen molar-refractivity contribution in [2.75, 3.05) is 0 Å². The van der Waals surface area contributed by atoms with Crippen LogP contribution in [-0.2, 0) is 0 Å². The smallest absolute Gasteiger partial charge is 0.170 e. The predicted octanol–water partition coefficient (Wildman–Crippen LogP) is 3.97. The van der Waals surface area contributed by atoms with Crippen LogP contribution in [0.1, 0.15) is 52.5 Å². The summed E-state index contributed by atoms with van der Waals surface area (Å²) in [5, 5.41) is 9.19. The van der Waals surface area contributed by atoms with Crippen LogP contribution in [0, 0.1) is 0 Å². The number of benzene rings is 2. The van der Waals surface area contributed by atoms with E-state index >= 15 is 0 Å². The predicted molar refractivity (Wildman–Crippen MR) is 81.9 cm³/mol. The summed E-state index contributed by atoms with van der Waals surface area (Å²) in [5.74, 6) is 0.0752. The van der Waals surface area contributed by atoms with Crippen LogP contribution in [0.4, 0.5) is 0 Å². The molecule has 0 amide bonds. The summed E-state index contributed by atoms with van der Waals surface area (Å²) in [7, 11) is 0. The van der Waals surface area contributed by atoms with Crippen LogP contribution in [-0.4, -0.2) is 16.7 Å². The normalized spacial score (nSPS) is 10.6. The molecular weight excluding hydrogens is 264 g/mol. The molecule has 0 aromatic heterocycles. The van der Waals surface area contributed by atoms with Gasteiger partial charge in [0.25, 0.3) is 0 Å². The molecule has 0 atom stereocenters. The van der Waals surface area contributed by atoms with E-state index in [1.807, 2.05) is 12.1 Å². The molecule has 2 aromatic carbocycles. The molecule has 0 spiro atoms. The van der Waals surface area contributed by atoms with Gasteiger partial charge in [0.15, 0.2) is 11.6 Å². The van der Waals surface area contributed by atoms with Gasteiger partial charge in [0.1, 0.15) is 5.75 Å². The highest BCUT2D eigenvalue weighted by molar-refractivity contribution is 6.13. The summed E-state index contributed by atoms with van der Waals surface area (Å²) >= 11 is 0. The summed E-state index contributed by atoms with van der Waals surface area (Å²) in [6.45, 7) is 4.18. The summed E-state index contributed by atoms with van der Waals surface area (Å²) in [4.78, 5) is 24.1. The van der Waals surface area contributed by atoms with Crippen LogP contribution >= 0.6 is 0 Å². The Balaban J connectivity index is 2.07. The second-order valence-electron chi connectivity index (χ2n) is 5.35. The highest BCUT2D eigenvalue weighted by Gasteiger charge is 2.14. The Kier molecular flexibility index (Phi) is 4.53. The minimum atomic E-state index is -0.243. The van der Waals surface area contributed by atoms with Crippen molar-refractivity contribution in [3.05, 3.63) is 65.2 Å². The zero-order chi connectivity index (χ0) is 15.4. The van der Waals surface area contributed by atoms with E-state index in [2.05, 4.69) is 13.8 Å². The number of aromatic hydroxyl groups is 1. The minimum Gasteiger partial charge on any atom is -0.508 e. The number of hydrogen-bond acceptors (Lipinski definition) is 3. The van der Waals surface area contributed by atoms with Gasteiger partial charge in [0.2, 0.25) is 0 Å². The van der Waals surface area contributed by atoms with Crippen LogP contribution in [0.15, 0.2) is 48.5 Å². The Morgan fingerprint density at radius 3 is 1.71 bits per heavy atom. The number of carbonyl (C=O) groups excluding carboxylic acids is 2. The van der Waals surface area contributed by atoms with Gasteiger partial charge in [-0.3, -0.25) is 9.59 Å². The number of phenolic OH excluding ortho intramolecular Hbond substituents is 1. The fraction of sp³-hybridized carbons (Fsp3) is 0.222. The fourth-order valence-corrected chi connectivity index (χ4v) is 2.05. The topological polar surface area (TPSA) is 54.4 Å². The average molecular weight is 282 g/mol. The van der Waals surface area contributed by atoms with E-state index < -0.39 is 0 Å². The lowest BCUT2D eigenvalue weighted by molar-refractivity contribution is 0.0894. The standard InChI is InChI=1S/C18H18O3/c1-12(2)13-3-5-14(6-4-13)17(20)11-18(21)15-7-9-16(19)10-8-15/h3-10,12,19H,11H2,1-2H3. The molecule has 0 unspecified atom stereocenters. The molecule has 0 fully saturated rings. The summed E-state index contributed by atoms with van der Waals surface area (Å²) in [5.41, 5.74) is 2.14. The first-order valence-corrected chi connectivity index (χ1v) is 6.93. The molecule has 2 rings (SSSR count). The van der Waals surface area contributed by atoms with Crippen LogP contribution in [0.25, 0.3) is 0 Å². The second-order valence-corrected chi connectivity index (χ2v) is 5.35. The molecule has 0 radical (unpaired) electrons. The fourth-order valence-electron chi connectivity index (χ4n) is 2.05. The molecule has 3 heteroatoms. The molecular formula is C18H18O3. The van der Waals surface area contributed by atoms with Gasteiger partial charge < -0.3 is 5.11 Å². The highest BCUT2D eigenvalue weighted by Crippen LogP contribution is 2.17. The molecule has 0 aliphatic heterocycles. The third kappa shape index (κ3) is 3.78. The van der Waals surface area contributed by atoms with Crippen LogP contribution < -0.4 is 0 Å². The number of ketones is 2. The van der Waals surface area contributed by atoms with Gasteiger partial charge in [-0.25, -0.2) is 0 Å². The molecule has 0 saturated carbocycles. The number of phenols is 1. The van der Waals surface area contributed by atoms with Crippen molar-refractivity contribution in [1.29, 1.82) is 0 Å². The number of rotatable bonds is 5. The van der Waals surface area contributed by atoms with E-state index in [1.54, 1.807) is 12.1 Å². The molecule has 0 saturated heterocycles. The molecule has 108 valence electrons. The first kappa shape index (κ1) is 15.0. The van der Waals surface area contributed by atoms with Crippen LogP contribution in [0.2, 0.25) is 0 Å². The van der Waals surface area contributed by atoms with Gasteiger partial charge in [-0.15, -0.1) is 0 Å². The summed E-state index contributed by atoms with van der Waals surface area (Å²) in [6, 6.07) is 13.3. The van der Waals surface area contributed by atoms with Gasteiger partial charge in [-0.05, 0) is 35.7 Å². The van der Waals surface area contributed by atoms with Crippen molar-refractivity contribution < 1.29 is 14.7 Å². The van der Waals surface area contributed by atoms with Gasteiger partial charge in [0, 0.05) is 11.1 Å². The first-order valence-electron chi connectivity index (χ1n) is 6.93. The average Bonchev–Trinajstić information content (AvgIpc) is 2.47. The van der Waals surface area contributed by atoms with Gasteiger partial charge in [0.05, 0.1) is 6.42 Å². The van der Waals surface area contributed by atoms with E-state index in [0.29, 0.717) is 17.0 Å². The lowest BCUT2D eigenvalue weighted by atomic mass is 9.98. The molecule has 2 aromatic rings. The molecule has 0 heterocycles. The van der Waals surface area contributed by atoms with Gasteiger partial charge >= 0.3 is 0 Å². The summed E-state index contributed by atoms with van der Waals surface area (Å²) < 4.78 is 0. The maximum atomic E-state index is 12.1. The van der Waals surface area contributed by atoms with E-state index in [1.165, 1.54) is 24.3 Å². The molecule has 0 bridgehead atoms. The molecule has 21 heavy (non-hydrogen) atoms. The molecule has 0 aliphatic rings. The third-order valence-corrected chi connectivity index (χ3v) is 3.41. The quantitative estimate of drug-likeness (QED) is 0.667. The van der Waals surface area contributed by atoms with Crippen LogP contribution in [0.5, 0.6) is 5.75 Å².